The number of rotatable bonds is 4. The van der Waals surface area contributed by atoms with Gasteiger partial charge in [0.2, 0.25) is 5.91 Å². The number of aromatic nitrogens is 3. The Bertz CT molecular complexity index is 699. The van der Waals surface area contributed by atoms with E-state index in [0.29, 0.717) is 0 Å². The molecule has 110 valence electrons. The van der Waals surface area contributed by atoms with Gasteiger partial charge < -0.3 is 11.1 Å². The third-order valence-corrected chi connectivity index (χ3v) is 2.59. The third kappa shape index (κ3) is 3.19. The van der Waals surface area contributed by atoms with Crippen LogP contribution >= 0.6 is 0 Å². The Kier molecular flexibility index (Phi) is 3.92. The Hall–Kier alpha value is -2.84. The molecular weight excluding hydrogens is 284 g/mol. The summed E-state index contributed by atoms with van der Waals surface area (Å²) in [6.45, 7) is 0. The van der Waals surface area contributed by atoms with Gasteiger partial charge in [0.1, 0.15) is 5.69 Å². The minimum atomic E-state index is -2.83. The zero-order chi connectivity index (χ0) is 15.6. The predicted octanol–water partition coefficient (Wildman–Crippen LogP) is 1.10. The molecule has 0 aliphatic heterocycles. The number of carbonyl (C=O) groups is 2. The van der Waals surface area contributed by atoms with Crippen LogP contribution in [0.2, 0.25) is 0 Å². The van der Waals surface area contributed by atoms with Crippen LogP contribution < -0.4 is 11.1 Å². The van der Waals surface area contributed by atoms with E-state index in [9.17, 15) is 18.4 Å². The largest absolute Gasteiger partial charge is 0.366 e. The van der Waals surface area contributed by atoms with Crippen molar-refractivity contribution < 1.29 is 18.4 Å². The molecule has 2 heterocycles. The lowest BCUT2D eigenvalue weighted by Crippen LogP contribution is -2.17. The number of carbonyl (C=O) groups excluding carboxylic acids is 2. The quantitative estimate of drug-likeness (QED) is 0.881. The van der Waals surface area contributed by atoms with Gasteiger partial charge in [0, 0.05) is 25.0 Å². The average molecular weight is 295 g/mol. The fourth-order valence-electron chi connectivity index (χ4n) is 1.66. The molecule has 3 N–H and O–H groups in total. The summed E-state index contributed by atoms with van der Waals surface area (Å²) in [7, 11) is 1.45. The fraction of sp³-hybridized carbons (Fsp3) is 0.167. The average Bonchev–Trinajstić information content (AvgIpc) is 2.80. The fourth-order valence-corrected chi connectivity index (χ4v) is 1.66. The topological polar surface area (TPSA) is 103 Å². The number of anilines is 1. The van der Waals surface area contributed by atoms with Crippen molar-refractivity contribution in [2.45, 2.75) is 6.43 Å². The van der Waals surface area contributed by atoms with E-state index < -0.39 is 23.9 Å². The zero-order valence-corrected chi connectivity index (χ0v) is 10.9. The van der Waals surface area contributed by atoms with Crippen LogP contribution in [0.25, 0.3) is 0 Å². The number of hydrogen-bond acceptors (Lipinski definition) is 4. The summed E-state index contributed by atoms with van der Waals surface area (Å²) in [5.74, 6) is -1.46. The van der Waals surface area contributed by atoms with Crippen LogP contribution in [0.5, 0.6) is 0 Å². The molecule has 0 aliphatic carbocycles. The first-order chi connectivity index (χ1) is 9.88. The summed E-state index contributed by atoms with van der Waals surface area (Å²) in [6, 6.07) is 2.52. The van der Waals surface area contributed by atoms with Crippen molar-refractivity contribution in [3.05, 3.63) is 41.5 Å². The van der Waals surface area contributed by atoms with Crippen molar-refractivity contribution >= 4 is 17.5 Å². The van der Waals surface area contributed by atoms with E-state index in [1.165, 1.54) is 31.6 Å². The molecule has 0 spiro atoms. The van der Waals surface area contributed by atoms with Crippen molar-refractivity contribution in [2.24, 2.45) is 12.8 Å². The van der Waals surface area contributed by atoms with E-state index in [1.54, 1.807) is 0 Å². The van der Waals surface area contributed by atoms with E-state index in [1.807, 2.05) is 0 Å². The number of nitrogens with one attached hydrogen (secondary N) is 1. The molecule has 0 atom stereocenters. The van der Waals surface area contributed by atoms with Gasteiger partial charge in [-0.1, -0.05) is 0 Å². The number of amides is 2. The van der Waals surface area contributed by atoms with E-state index in [2.05, 4.69) is 15.4 Å². The van der Waals surface area contributed by atoms with Crippen LogP contribution in [0.4, 0.5) is 14.5 Å². The van der Waals surface area contributed by atoms with Crippen LogP contribution in [0.15, 0.2) is 24.5 Å². The molecule has 0 fully saturated rings. The summed E-state index contributed by atoms with van der Waals surface area (Å²) < 4.78 is 26.7. The third-order valence-electron chi connectivity index (χ3n) is 2.59. The molecule has 2 aromatic rings. The number of halogens is 2. The van der Waals surface area contributed by atoms with Gasteiger partial charge in [-0.15, -0.1) is 0 Å². The molecule has 0 saturated heterocycles. The number of aryl methyl sites for hydroxylation is 1. The number of pyridine rings is 1. The van der Waals surface area contributed by atoms with Gasteiger partial charge in [-0.2, -0.15) is 5.10 Å². The molecule has 0 saturated carbocycles. The van der Waals surface area contributed by atoms with Crippen molar-refractivity contribution in [3.8, 4) is 0 Å². The van der Waals surface area contributed by atoms with E-state index >= 15 is 0 Å². The first kappa shape index (κ1) is 14.6. The molecular formula is C12H11F2N5O2. The number of hydrogen-bond donors (Lipinski definition) is 2. The number of alkyl halides is 2. The molecule has 21 heavy (non-hydrogen) atoms. The van der Waals surface area contributed by atoms with Crippen molar-refractivity contribution in [3.63, 3.8) is 0 Å². The number of nitrogens with zero attached hydrogens (tertiary/aromatic N) is 3. The van der Waals surface area contributed by atoms with Crippen molar-refractivity contribution in [2.75, 3.05) is 5.32 Å². The van der Waals surface area contributed by atoms with E-state index in [4.69, 9.17) is 5.73 Å². The second-order valence-corrected chi connectivity index (χ2v) is 4.15. The second-order valence-electron chi connectivity index (χ2n) is 4.15. The highest BCUT2D eigenvalue weighted by Crippen LogP contribution is 2.25. The molecule has 0 bridgehead atoms. The lowest BCUT2D eigenvalue weighted by Gasteiger charge is -2.05. The van der Waals surface area contributed by atoms with Crippen molar-refractivity contribution in [1.29, 1.82) is 0 Å². The van der Waals surface area contributed by atoms with E-state index in [0.717, 1.165) is 4.68 Å². The molecule has 2 rings (SSSR count). The predicted molar refractivity (Wildman–Crippen MR) is 68.9 cm³/mol. The Morgan fingerprint density at radius 2 is 2.14 bits per heavy atom. The minimum Gasteiger partial charge on any atom is -0.366 e. The number of primary amides is 1. The standard InChI is InChI=1S/C12H11F2N5O2/c1-19-5-8(9(18-19)10(13)14)17-12(21)7-4-6(11(15)20)2-3-16-7/h2-5,10H,1H3,(H2,15,20)(H,17,21). The smallest absolute Gasteiger partial charge is 0.284 e. The molecule has 0 radical (unpaired) electrons. The van der Waals surface area contributed by atoms with Crippen LogP contribution in [-0.2, 0) is 7.05 Å². The number of nitrogens with two attached hydrogens (primary N) is 1. The Balaban J connectivity index is 2.26. The molecule has 2 amide bonds. The second kappa shape index (κ2) is 5.65. The van der Waals surface area contributed by atoms with E-state index in [-0.39, 0.29) is 16.9 Å². The monoisotopic (exact) mass is 295 g/mol. The highest BCUT2D eigenvalue weighted by molar-refractivity contribution is 6.04. The summed E-state index contributed by atoms with van der Waals surface area (Å²) in [6.07, 6.45) is -0.352. The molecule has 7 nitrogen and oxygen atoms in total. The normalized spacial score (nSPS) is 10.7. The maximum Gasteiger partial charge on any atom is 0.284 e. The van der Waals surface area contributed by atoms with Crippen LogP contribution in [0.3, 0.4) is 0 Å². The summed E-state index contributed by atoms with van der Waals surface area (Å²) in [5, 5.41) is 5.84. The highest BCUT2D eigenvalue weighted by Gasteiger charge is 2.20. The summed E-state index contributed by atoms with van der Waals surface area (Å²) in [5.41, 5.74) is 4.40. The minimum absolute atomic E-state index is 0.0930. The summed E-state index contributed by atoms with van der Waals surface area (Å²) >= 11 is 0. The van der Waals surface area contributed by atoms with Crippen LogP contribution in [0, 0.1) is 0 Å². The molecule has 9 heteroatoms. The maximum atomic E-state index is 12.8. The van der Waals surface area contributed by atoms with Gasteiger partial charge in [-0.3, -0.25) is 19.3 Å². The lowest BCUT2D eigenvalue weighted by molar-refractivity contribution is 0.1000. The van der Waals surface area contributed by atoms with Crippen LogP contribution in [0.1, 0.15) is 33.0 Å². The first-order valence-corrected chi connectivity index (χ1v) is 5.77. The summed E-state index contributed by atoms with van der Waals surface area (Å²) in [4.78, 5) is 26.8. The van der Waals surface area contributed by atoms with Gasteiger partial charge in [-0.05, 0) is 12.1 Å². The first-order valence-electron chi connectivity index (χ1n) is 5.77. The Labute approximate surface area is 117 Å². The SMILES string of the molecule is Cn1cc(NC(=O)c2cc(C(N)=O)ccn2)c(C(F)F)n1. The highest BCUT2D eigenvalue weighted by atomic mass is 19.3. The van der Waals surface area contributed by atoms with Gasteiger partial charge in [0.05, 0.1) is 5.69 Å². The van der Waals surface area contributed by atoms with Crippen LogP contribution in [-0.4, -0.2) is 26.6 Å². The molecule has 2 aromatic heterocycles. The maximum absolute atomic E-state index is 12.8. The molecule has 0 aliphatic rings. The van der Waals surface area contributed by atoms with Crippen molar-refractivity contribution in [1.82, 2.24) is 14.8 Å². The Morgan fingerprint density at radius 3 is 2.76 bits per heavy atom. The molecule has 0 aromatic carbocycles. The zero-order valence-electron chi connectivity index (χ0n) is 10.9. The molecule has 0 unspecified atom stereocenters. The lowest BCUT2D eigenvalue weighted by atomic mass is 10.2. The van der Waals surface area contributed by atoms with Gasteiger partial charge in [0.15, 0.2) is 5.69 Å². The van der Waals surface area contributed by atoms with Gasteiger partial charge in [0.25, 0.3) is 12.3 Å². The Morgan fingerprint density at radius 1 is 1.43 bits per heavy atom. The van der Waals surface area contributed by atoms with Gasteiger partial charge >= 0.3 is 0 Å². The van der Waals surface area contributed by atoms with Gasteiger partial charge in [-0.25, -0.2) is 8.78 Å².